The summed E-state index contributed by atoms with van der Waals surface area (Å²) in [6.07, 6.45) is 0.730. The van der Waals surface area contributed by atoms with Gasteiger partial charge in [0.15, 0.2) is 16.6 Å². The molecule has 0 aliphatic carbocycles. The van der Waals surface area contributed by atoms with Crippen molar-refractivity contribution in [1.29, 1.82) is 0 Å². The Bertz CT molecular complexity index is 538. The van der Waals surface area contributed by atoms with Crippen molar-refractivity contribution in [3.8, 4) is 0 Å². The first-order chi connectivity index (χ1) is 12.0. The summed E-state index contributed by atoms with van der Waals surface area (Å²) in [5, 5.41) is 0. The van der Waals surface area contributed by atoms with E-state index in [1.807, 2.05) is 0 Å². The SMILES string of the molecule is C[Si](C)(CCCOP1(=O)OCCO1)O[Si](C)(C)CCOP1(=O)OCCO1. The Morgan fingerprint density at radius 2 is 1.15 bits per heavy atom. The van der Waals surface area contributed by atoms with Crippen LogP contribution in [0.4, 0.5) is 0 Å². The molecule has 2 aliphatic rings. The summed E-state index contributed by atoms with van der Waals surface area (Å²) in [6.45, 7) is 10.4. The zero-order valence-electron chi connectivity index (χ0n) is 15.9. The van der Waals surface area contributed by atoms with E-state index in [4.69, 9.17) is 31.3 Å². The van der Waals surface area contributed by atoms with Crippen LogP contribution in [0.3, 0.4) is 0 Å². The minimum absolute atomic E-state index is 0.294. The largest absolute Gasteiger partial charge is 0.474 e. The van der Waals surface area contributed by atoms with Crippen LogP contribution in [-0.4, -0.2) is 56.3 Å². The molecular formula is C13H30O9P2Si2. The number of hydrogen-bond donors (Lipinski definition) is 0. The van der Waals surface area contributed by atoms with Crippen molar-refractivity contribution in [2.75, 3.05) is 39.6 Å². The van der Waals surface area contributed by atoms with Gasteiger partial charge in [-0.2, -0.15) is 0 Å². The summed E-state index contributed by atoms with van der Waals surface area (Å²) in [4.78, 5) is 0. The second kappa shape index (κ2) is 9.41. The summed E-state index contributed by atoms with van der Waals surface area (Å²) in [5.74, 6) is 0. The highest BCUT2D eigenvalue weighted by molar-refractivity contribution is 7.49. The zero-order chi connectivity index (χ0) is 19.3. The topological polar surface area (TPSA) is 98.8 Å². The fourth-order valence-electron chi connectivity index (χ4n) is 2.75. The lowest BCUT2D eigenvalue weighted by Crippen LogP contribution is -2.44. The molecule has 0 aromatic heterocycles. The van der Waals surface area contributed by atoms with E-state index in [1.165, 1.54) is 0 Å². The van der Waals surface area contributed by atoms with Gasteiger partial charge in [-0.15, -0.1) is 0 Å². The summed E-state index contributed by atoms with van der Waals surface area (Å²) in [7, 11) is -10.5. The van der Waals surface area contributed by atoms with E-state index in [-0.39, 0.29) is 0 Å². The Morgan fingerprint density at radius 3 is 1.65 bits per heavy atom. The Balaban J connectivity index is 1.66. The van der Waals surface area contributed by atoms with E-state index < -0.39 is 32.3 Å². The molecule has 0 bridgehead atoms. The first kappa shape index (κ1) is 22.9. The van der Waals surface area contributed by atoms with Gasteiger partial charge in [0.25, 0.3) is 0 Å². The predicted octanol–water partition coefficient (Wildman–Crippen LogP) is 4.15. The first-order valence-corrected chi connectivity index (χ1v) is 18.0. The standard InChI is InChI=1S/C13H30O9P2Si2/c1-25(2,12-5-6-16-23(14)17-7-8-18-23)22-26(3,4)13-11-21-24(15)19-9-10-20-24/h5-13H2,1-4H3. The molecule has 2 rings (SSSR count). The Hall–Kier alpha value is 0.614. The maximum absolute atomic E-state index is 12.0. The molecular weight excluding hydrogens is 418 g/mol. The van der Waals surface area contributed by atoms with E-state index in [0.29, 0.717) is 45.7 Å². The number of hydrogen-bond acceptors (Lipinski definition) is 9. The average Bonchev–Trinajstić information content (AvgIpc) is 3.12. The molecule has 2 aliphatic heterocycles. The van der Waals surface area contributed by atoms with E-state index in [9.17, 15) is 9.13 Å². The van der Waals surface area contributed by atoms with Gasteiger partial charge in [0.1, 0.15) is 0 Å². The van der Waals surface area contributed by atoms with Crippen LogP contribution in [0.1, 0.15) is 6.42 Å². The molecule has 0 amide bonds. The molecule has 0 atom stereocenters. The van der Waals surface area contributed by atoms with E-state index in [0.717, 1.165) is 12.5 Å². The van der Waals surface area contributed by atoms with Gasteiger partial charge in [-0.3, -0.25) is 27.1 Å². The van der Waals surface area contributed by atoms with Crippen molar-refractivity contribution >= 4 is 32.3 Å². The summed E-state index contributed by atoms with van der Waals surface area (Å²) in [5.41, 5.74) is 0. The summed E-state index contributed by atoms with van der Waals surface area (Å²) >= 11 is 0. The molecule has 26 heavy (non-hydrogen) atoms. The molecule has 0 aromatic rings. The molecule has 154 valence electrons. The van der Waals surface area contributed by atoms with Crippen LogP contribution in [0, 0.1) is 0 Å². The fraction of sp³-hybridized carbons (Fsp3) is 1.00. The summed E-state index contributed by atoms with van der Waals surface area (Å²) in [6, 6.07) is 1.57. The molecule has 2 saturated heterocycles. The quantitative estimate of drug-likeness (QED) is 0.262. The van der Waals surface area contributed by atoms with Gasteiger partial charge in [0.2, 0.25) is 0 Å². The molecule has 0 unspecified atom stereocenters. The predicted molar refractivity (Wildman–Crippen MR) is 101 cm³/mol. The van der Waals surface area contributed by atoms with Crippen molar-refractivity contribution < 1.29 is 40.4 Å². The number of rotatable bonds is 11. The third kappa shape index (κ3) is 7.93. The lowest BCUT2D eigenvalue weighted by Gasteiger charge is -2.34. The van der Waals surface area contributed by atoms with Gasteiger partial charge in [-0.05, 0) is 44.7 Å². The smallest absolute Gasteiger partial charge is 0.455 e. The third-order valence-electron chi connectivity index (χ3n) is 3.84. The number of phosphoric ester groups is 2. The van der Waals surface area contributed by atoms with Crippen molar-refractivity contribution in [3.63, 3.8) is 0 Å². The van der Waals surface area contributed by atoms with Crippen LogP contribution in [0.15, 0.2) is 0 Å². The highest BCUT2D eigenvalue weighted by Gasteiger charge is 2.36. The minimum atomic E-state index is -3.33. The van der Waals surface area contributed by atoms with Gasteiger partial charge in [0, 0.05) is 0 Å². The molecule has 13 heteroatoms. The van der Waals surface area contributed by atoms with Crippen LogP contribution < -0.4 is 0 Å². The Morgan fingerprint density at radius 1 is 0.731 bits per heavy atom. The minimum Gasteiger partial charge on any atom is -0.455 e. The highest BCUT2D eigenvalue weighted by Crippen LogP contribution is 2.53. The van der Waals surface area contributed by atoms with Gasteiger partial charge in [0.05, 0.1) is 39.6 Å². The van der Waals surface area contributed by atoms with E-state index in [2.05, 4.69) is 26.2 Å². The third-order valence-corrected chi connectivity index (χ3v) is 14.2. The molecule has 0 saturated carbocycles. The normalized spacial score (nSPS) is 22.8. The molecule has 0 spiro atoms. The van der Waals surface area contributed by atoms with Crippen molar-refractivity contribution in [1.82, 2.24) is 0 Å². The molecule has 2 fully saturated rings. The van der Waals surface area contributed by atoms with Crippen LogP contribution >= 0.6 is 15.6 Å². The van der Waals surface area contributed by atoms with E-state index >= 15 is 0 Å². The van der Waals surface area contributed by atoms with Gasteiger partial charge < -0.3 is 4.12 Å². The van der Waals surface area contributed by atoms with Crippen molar-refractivity contribution in [3.05, 3.63) is 0 Å². The second-order valence-corrected chi connectivity index (χ2v) is 19.6. The van der Waals surface area contributed by atoms with Crippen LogP contribution in [0.5, 0.6) is 0 Å². The zero-order valence-corrected chi connectivity index (χ0v) is 19.7. The average molecular weight is 448 g/mol. The molecule has 9 nitrogen and oxygen atoms in total. The van der Waals surface area contributed by atoms with Crippen molar-refractivity contribution in [2.45, 2.75) is 44.7 Å². The maximum atomic E-state index is 12.0. The molecule has 0 N–H and O–H groups in total. The van der Waals surface area contributed by atoms with E-state index in [1.54, 1.807) is 0 Å². The maximum Gasteiger partial charge on any atom is 0.474 e. The van der Waals surface area contributed by atoms with Crippen LogP contribution in [-0.2, 0) is 40.4 Å². The number of phosphoric acid groups is 2. The van der Waals surface area contributed by atoms with Gasteiger partial charge >= 0.3 is 15.6 Å². The lowest BCUT2D eigenvalue weighted by atomic mass is 10.5. The highest BCUT2D eigenvalue weighted by atomic mass is 31.2. The molecule has 0 aromatic carbocycles. The van der Waals surface area contributed by atoms with Gasteiger partial charge in [-0.25, -0.2) is 9.13 Å². The Kier molecular flexibility index (Phi) is 8.29. The second-order valence-electron chi connectivity index (χ2n) is 7.37. The van der Waals surface area contributed by atoms with Crippen LogP contribution in [0.2, 0.25) is 38.3 Å². The first-order valence-electron chi connectivity index (χ1n) is 8.81. The monoisotopic (exact) mass is 448 g/mol. The summed E-state index contributed by atoms with van der Waals surface area (Å²) < 4.78 is 60.9. The van der Waals surface area contributed by atoms with Crippen LogP contribution in [0.25, 0.3) is 0 Å². The molecule has 0 radical (unpaired) electrons. The van der Waals surface area contributed by atoms with Gasteiger partial charge in [-0.1, -0.05) is 0 Å². The lowest BCUT2D eigenvalue weighted by molar-refractivity contribution is 0.189. The molecule has 2 heterocycles. The van der Waals surface area contributed by atoms with Crippen molar-refractivity contribution in [2.24, 2.45) is 0 Å². The fourth-order valence-corrected chi connectivity index (χ4v) is 13.6. The Labute approximate surface area is 157 Å².